The molecule has 0 saturated heterocycles. The van der Waals surface area contributed by atoms with Crippen LogP contribution in [0.2, 0.25) is 5.15 Å². The third-order valence-corrected chi connectivity index (χ3v) is 3.62. The zero-order valence-corrected chi connectivity index (χ0v) is 11.1. The number of anilines is 1. The molecule has 98 valence electrons. The Balaban J connectivity index is 2.20. The summed E-state index contributed by atoms with van der Waals surface area (Å²) < 4.78 is 0. The fourth-order valence-electron chi connectivity index (χ4n) is 2.45. The summed E-state index contributed by atoms with van der Waals surface area (Å²) in [4.78, 5) is 15.1. The van der Waals surface area contributed by atoms with E-state index in [0.29, 0.717) is 5.82 Å². The van der Waals surface area contributed by atoms with Crippen molar-refractivity contribution in [2.75, 3.05) is 5.32 Å². The first-order chi connectivity index (χ1) is 8.48. The number of carbonyl (C=O) groups is 1. The highest BCUT2D eigenvalue weighted by atomic mass is 35.5. The fraction of sp³-hybridized carbons (Fsp3) is 0.538. The maximum Gasteiger partial charge on any atom is 0.335 e. The Bertz CT molecular complexity index is 456. The highest BCUT2D eigenvalue weighted by Crippen LogP contribution is 2.31. The first-order valence-electron chi connectivity index (χ1n) is 6.18. The molecule has 0 radical (unpaired) electrons. The van der Waals surface area contributed by atoms with E-state index < -0.39 is 5.97 Å². The fourth-order valence-corrected chi connectivity index (χ4v) is 2.66. The summed E-state index contributed by atoms with van der Waals surface area (Å²) in [5, 5.41) is 12.5. The van der Waals surface area contributed by atoms with Crippen molar-refractivity contribution >= 4 is 23.4 Å². The van der Waals surface area contributed by atoms with E-state index in [1.807, 2.05) is 0 Å². The monoisotopic (exact) mass is 268 g/mol. The van der Waals surface area contributed by atoms with Crippen LogP contribution in [0.25, 0.3) is 0 Å². The van der Waals surface area contributed by atoms with Crippen LogP contribution in [-0.2, 0) is 0 Å². The largest absolute Gasteiger partial charge is 0.478 e. The SMILES string of the molecule is CC1(Nc2cc(C(=O)O)cc(Cl)n2)CCCCC1. The number of hydrogen-bond acceptors (Lipinski definition) is 3. The minimum Gasteiger partial charge on any atom is -0.478 e. The number of aromatic nitrogens is 1. The molecule has 0 aromatic carbocycles. The van der Waals surface area contributed by atoms with Gasteiger partial charge in [-0.25, -0.2) is 9.78 Å². The summed E-state index contributed by atoms with van der Waals surface area (Å²) in [6.07, 6.45) is 5.79. The number of nitrogens with zero attached hydrogens (tertiary/aromatic N) is 1. The minimum atomic E-state index is -0.990. The van der Waals surface area contributed by atoms with Crippen LogP contribution < -0.4 is 5.32 Å². The first-order valence-corrected chi connectivity index (χ1v) is 6.55. The van der Waals surface area contributed by atoms with E-state index in [2.05, 4.69) is 17.2 Å². The van der Waals surface area contributed by atoms with Gasteiger partial charge >= 0.3 is 5.97 Å². The second-order valence-corrected chi connectivity index (χ2v) is 5.50. The normalized spacial score (nSPS) is 18.3. The maximum atomic E-state index is 11.0. The van der Waals surface area contributed by atoms with Crippen molar-refractivity contribution in [1.29, 1.82) is 0 Å². The number of rotatable bonds is 3. The van der Waals surface area contributed by atoms with Gasteiger partial charge < -0.3 is 10.4 Å². The summed E-state index contributed by atoms with van der Waals surface area (Å²) in [6.45, 7) is 2.15. The number of carboxylic acids is 1. The molecular formula is C13H17ClN2O2. The van der Waals surface area contributed by atoms with Crippen molar-refractivity contribution in [2.45, 2.75) is 44.6 Å². The van der Waals surface area contributed by atoms with Gasteiger partial charge in [-0.1, -0.05) is 30.9 Å². The molecule has 0 unspecified atom stereocenters. The standard InChI is InChI=1S/C13H17ClN2O2/c1-13(5-3-2-4-6-13)16-11-8-9(12(17)18)7-10(14)15-11/h7-8H,2-6H2,1H3,(H,15,16)(H,17,18). The summed E-state index contributed by atoms with van der Waals surface area (Å²) in [5.74, 6) is -0.444. The average Bonchev–Trinajstić information content (AvgIpc) is 2.28. The van der Waals surface area contributed by atoms with E-state index in [4.69, 9.17) is 16.7 Å². The van der Waals surface area contributed by atoms with Crippen molar-refractivity contribution in [1.82, 2.24) is 4.98 Å². The third-order valence-electron chi connectivity index (χ3n) is 3.43. The Kier molecular flexibility index (Phi) is 3.76. The van der Waals surface area contributed by atoms with Gasteiger partial charge in [-0.3, -0.25) is 0 Å². The molecule has 0 atom stereocenters. The maximum absolute atomic E-state index is 11.0. The Morgan fingerprint density at radius 1 is 1.39 bits per heavy atom. The molecule has 0 aliphatic heterocycles. The minimum absolute atomic E-state index is 0.00823. The zero-order valence-electron chi connectivity index (χ0n) is 10.4. The lowest BCUT2D eigenvalue weighted by atomic mass is 9.83. The third kappa shape index (κ3) is 3.13. The molecule has 2 rings (SSSR count). The van der Waals surface area contributed by atoms with Crippen molar-refractivity contribution in [3.05, 3.63) is 22.8 Å². The molecule has 0 amide bonds. The number of hydrogen-bond donors (Lipinski definition) is 2. The molecule has 1 fully saturated rings. The number of pyridine rings is 1. The Hall–Kier alpha value is -1.29. The highest BCUT2D eigenvalue weighted by Gasteiger charge is 2.27. The van der Waals surface area contributed by atoms with Gasteiger partial charge in [-0.2, -0.15) is 0 Å². The summed E-state index contributed by atoms with van der Waals surface area (Å²) in [5.41, 5.74) is 0.156. The second kappa shape index (κ2) is 5.14. The molecule has 1 aromatic rings. The van der Waals surface area contributed by atoms with Gasteiger partial charge in [-0.15, -0.1) is 0 Å². The smallest absolute Gasteiger partial charge is 0.335 e. The van der Waals surface area contributed by atoms with Crippen molar-refractivity contribution in [2.24, 2.45) is 0 Å². The number of aromatic carboxylic acids is 1. The van der Waals surface area contributed by atoms with Crippen LogP contribution in [0.5, 0.6) is 0 Å². The predicted molar refractivity (Wildman–Crippen MR) is 71.3 cm³/mol. The van der Waals surface area contributed by atoms with Crippen molar-refractivity contribution in [3.8, 4) is 0 Å². The van der Waals surface area contributed by atoms with E-state index >= 15 is 0 Å². The molecule has 1 heterocycles. The van der Waals surface area contributed by atoms with Gasteiger partial charge in [0.15, 0.2) is 0 Å². The average molecular weight is 269 g/mol. The van der Waals surface area contributed by atoms with Gasteiger partial charge in [0, 0.05) is 5.54 Å². The van der Waals surface area contributed by atoms with Gasteiger partial charge in [0.25, 0.3) is 0 Å². The lowest BCUT2D eigenvalue weighted by Crippen LogP contribution is -2.37. The molecule has 18 heavy (non-hydrogen) atoms. The van der Waals surface area contributed by atoms with Crippen LogP contribution in [-0.4, -0.2) is 21.6 Å². The molecule has 4 nitrogen and oxygen atoms in total. The molecular weight excluding hydrogens is 252 g/mol. The lowest BCUT2D eigenvalue weighted by Gasteiger charge is -2.35. The summed E-state index contributed by atoms with van der Waals surface area (Å²) in [7, 11) is 0. The Morgan fingerprint density at radius 3 is 2.67 bits per heavy atom. The molecule has 1 aromatic heterocycles. The zero-order chi connectivity index (χ0) is 13.2. The molecule has 2 N–H and O–H groups in total. The van der Waals surface area contributed by atoms with Gasteiger partial charge in [0.05, 0.1) is 5.56 Å². The number of carboxylic acid groups (broad SMARTS) is 1. The molecule has 0 bridgehead atoms. The number of halogens is 1. The first kappa shape index (κ1) is 13.1. The highest BCUT2D eigenvalue weighted by molar-refractivity contribution is 6.29. The summed E-state index contributed by atoms with van der Waals surface area (Å²) >= 11 is 5.84. The molecule has 1 aliphatic rings. The van der Waals surface area contributed by atoms with Crippen LogP contribution in [0.4, 0.5) is 5.82 Å². The van der Waals surface area contributed by atoms with E-state index in [1.165, 1.54) is 31.4 Å². The van der Waals surface area contributed by atoms with Crippen LogP contribution in [0.15, 0.2) is 12.1 Å². The van der Waals surface area contributed by atoms with Crippen LogP contribution in [0.1, 0.15) is 49.4 Å². The molecule has 0 spiro atoms. The second-order valence-electron chi connectivity index (χ2n) is 5.12. The Labute approximate surface area is 111 Å². The van der Waals surface area contributed by atoms with E-state index in [1.54, 1.807) is 0 Å². The topological polar surface area (TPSA) is 62.2 Å². The molecule has 1 aliphatic carbocycles. The Morgan fingerprint density at radius 2 is 2.06 bits per heavy atom. The number of nitrogens with one attached hydrogen (secondary N) is 1. The van der Waals surface area contributed by atoms with Crippen LogP contribution in [0.3, 0.4) is 0 Å². The summed E-state index contributed by atoms with van der Waals surface area (Å²) in [6, 6.07) is 2.90. The quantitative estimate of drug-likeness (QED) is 0.823. The van der Waals surface area contributed by atoms with Crippen LogP contribution in [0, 0.1) is 0 Å². The van der Waals surface area contributed by atoms with Crippen molar-refractivity contribution in [3.63, 3.8) is 0 Å². The van der Waals surface area contributed by atoms with Gasteiger partial charge in [0.2, 0.25) is 0 Å². The van der Waals surface area contributed by atoms with Gasteiger partial charge in [-0.05, 0) is 31.9 Å². The van der Waals surface area contributed by atoms with Crippen LogP contribution >= 0.6 is 11.6 Å². The van der Waals surface area contributed by atoms with E-state index in [0.717, 1.165) is 12.8 Å². The van der Waals surface area contributed by atoms with E-state index in [9.17, 15) is 4.79 Å². The van der Waals surface area contributed by atoms with E-state index in [-0.39, 0.29) is 16.3 Å². The van der Waals surface area contributed by atoms with Crippen molar-refractivity contribution < 1.29 is 9.90 Å². The lowest BCUT2D eigenvalue weighted by molar-refractivity contribution is 0.0696. The van der Waals surface area contributed by atoms with Gasteiger partial charge in [0.1, 0.15) is 11.0 Å². The molecule has 5 heteroatoms. The predicted octanol–water partition coefficient (Wildman–Crippen LogP) is 3.57. The molecule has 1 saturated carbocycles.